The fourth-order valence-corrected chi connectivity index (χ4v) is 4.57. The molecule has 1 fully saturated rings. The van der Waals surface area contributed by atoms with Crippen molar-refractivity contribution in [1.82, 2.24) is 14.8 Å². The normalized spacial score (nSPS) is 21.0. The molecule has 1 aliphatic carbocycles. The molecule has 0 spiro atoms. The molecular formula is C27H32N4O4. The minimum Gasteiger partial charge on any atom is -0.472 e. The van der Waals surface area contributed by atoms with Crippen molar-refractivity contribution in [1.29, 1.82) is 5.26 Å². The summed E-state index contributed by atoms with van der Waals surface area (Å²) in [7, 11) is 1.80. The number of carbonyl (C=O) groups is 2. The molecule has 0 radical (unpaired) electrons. The number of likely N-dealkylation sites (N-methyl/N-ethyl adjacent to an activating group) is 1. The van der Waals surface area contributed by atoms with Gasteiger partial charge in [-0.2, -0.15) is 5.26 Å². The fraction of sp³-hybridized carbons (Fsp3) is 0.481. The Bertz CT molecular complexity index is 1140. The van der Waals surface area contributed by atoms with E-state index in [0.717, 1.165) is 24.8 Å². The number of aliphatic hydroxyl groups excluding tert-OH is 1. The van der Waals surface area contributed by atoms with E-state index in [1.807, 2.05) is 19.9 Å². The number of ether oxygens (including phenoxy) is 1. The largest absolute Gasteiger partial charge is 0.472 e. The van der Waals surface area contributed by atoms with Gasteiger partial charge in [-0.25, -0.2) is 4.98 Å². The van der Waals surface area contributed by atoms with Crippen LogP contribution in [0.15, 0.2) is 36.5 Å². The predicted octanol–water partition coefficient (Wildman–Crippen LogP) is 3.10. The number of amides is 2. The molecule has 0 bridgehead atoms. The first-order valence-corrected chi connectivity index (χ1v) is 12.2. The Kier molecular flexibility index (Phi) is 7.37. The summed E-state index contributed by atoms with van der Waals surface area (Å²) in [5, 5.41) is 19.1. The molecule has 35 heavy (non-hydrogen) atoms. The van der Waals surface area contributed by atoms with Gasteiger partial charge in [0.15, 0.2) is 0 Å². The fourth-order valence-electron chi connectivity index (χ4n) is 4.57. The molecule has 1 aliphatic heterocycles. The maximum absolute atomic E-state index is 13.6. The SMILES string of the molecule is C[C@H]1CN([C@@H](C)CO)C(=O)c2cc(-c3cccc(C#N)c3)cnc2O[C@@H]1CN(C)C(=O)C1CCC1. The Morgan fingerprint density at radius 2 is 2.11 bits per heavy atom. The van der Waals surface area contributed by atoms with Gasteiger partial charge < -0.3 is 19.6 Å². The Hall–Kier alpha value is -3.44. The number of aromatic nitrogens is 1. The van der Waals surface area contributed by atoms with Crippen molar-refractivity contribution >= 4 is 11.8 Å². The first-order chi connectivity index (χ1) is 16.8. The monoisotopic (exact) mass is 476 g/mol. The third-order valence-corrected chi connectivity index (χ3v) is 7.13. The van der Waals surface area contributed by atoms with Crippen LogP contribution >= 0.6 is 0 Å². The summed E-state index contributed by atoms with van der Waals surface area (Å²) in [5.74, 6) is 0.0783. The lowest BCUT2D eigenvalue weighted by Gasteiger charge is -2.38. The van der Waals surface area contributed by atoms with E-state index >= 15 is 0 Å². The van der Waals surface area contributed by atoms with E-state index in [4.69, 9.17) is 4.74 Å². The highest BCUT2D eigenvalue weighted by atomic mass is 16.5. The molecule has 0 saturated heterocycles. The van der Waals surface area contributed by atoms with Crippen LogP contribution in [0, 0.1) is 23.2 Å². The van der Waals surface area contributed by atoms with Gasteiger partial charge in [-0.05, 0) is 43.5 Å². The standard InChI is InChI=1S/C27H32N4O4/c1-17-14-31(18(2)16-32)27(34)23-11-22(21-9-4-6-19(10-21)12-28)13-29-25(23)35-24(17)15-30(3)26(33)20-7-5-8-20/h4,6,9-11,13,17-18,20,24,32H,5,7-8,14-16H2,1-3H3/t17-,18-,24+/m0/s1. The number of fused-ring (bicyclic) bond motifs is 1. The van der Waals surface area contributed by atoms with Crippen LogP contribution < -0.4 is 4.74 Å². The van der Waals surface area contributed by atoms with Crippen molar-refractivity contribution in [3.63, 3.8) is 0 Å². The molecule has 184 valence electrons. The second-order valence-corrected chi connectivity index (χ2v) is 9.74. The number of carbonyl (C=O) groups excluding carboxylic acids is 2. The van der Waals surface area contributed by atoms with Crippen LogP contribution in [-0.2, 0) is 4.79 Å². The highest BCUT2D eigenvalue weighted by Gasteiger charge is 2.36. The van der Waals surface area contributed by atoms with Crippen molar-refractivity contribution in [2.24, 2.45) is 11.8 Å². The van der Waals surface area contributed by atoms with Crippen molar-refractivity contribution in [2.75, 3.05) is 26.7 Å². The number of benzene rings is 1. The maximum atomic E-state index is 13.6. The van der Waals surface area contributed by atoms with Crippen LogP contribution in [0.1, 0.15) is 49.0 Å². The molecule has 1 aromatic heterocycles. The summed E-state index contributed by atoms with van der Waals surface area (Å²) in [6.07, 6.45) is 4.22. The van der Waals surface area contributed by atoms with Gasteiger partial charge >= 0.3 is 0 Å². The summed E-state index contributed by atoms with van der Waals surface area (Å²) >= 11 is 0. The summed E-state index contributed by atoms with van der Waals surface area (Å²) in [4.78, 5) is 34.2. The predicted molar refractivity (Wildman–Crippen MR) is 131 cm³/mol. The van der Waals surface area contributed by atoms with Crippen LogP contribution in [-0.4, -0.2) is 70.6 Å². The van der Waals surface area contributed by atoms with E-state index in [-0.39, 0.29) is 42.2 Å². The first-order valence-electron chi connectivity index (χ1n) is 12.2. The van der Waals surface area contributed by atoms with E-state index in [1.165, 1.54) is 0 Å². The number of nitriles is 1. The van der Waals surface area contributed by atoms with Gasteiger partial charge in [0.05, 0.1) is 30.8 Å². The van der Waals surface area contributed by atoms with E-state index in [2.05, 4.69) is 11.1 Å². The van der Waals surface area contributed by atoms with E-state index in [1.54, 1.807) is 47.3 Å². The summed E-state index contributed by atoms with van der Waals surface area (Å²) in [6.45, 7) is 4.39. The Morgan fingerprint density at radius 1 is 1.34 bits per heavy atom. The van der Waals surface area contributed by atoms with E-state index in [9.17, 15) is 20.0 Å². The smallest absolute Gasteiger partial charge is 0.259 e. The number of aliphatic hydroxyl groups is 1. The maximum Gasteiger partial charge on any atom is 0.259 e. The summed E-state index contributed by atoms with van der Waals surface area (Å²) in [5.41, 5.74) is 2.28. The average molecular weight is 477 g/mol. The molecule has 4 rings (SSSR count). The molecule has 1 saturated carbocycles. The Morgan fingerprint density at radius 3 is 2.77 bits per heavy atom. The molecular weight excluding hydrogens is 444 g/mol. The Balaban J connectivity index is 1.69. The van der Waals surface area contributed by atoms with E-state index < -0.39 is 6.04 Å². The summed E-state index contributed by atoms with van der Waals surface area (Å²) < 4.78 is 6.30. The minimum absolute atomic E-state index is 0.0912. The molecule has 1 aromatic carbocycles. The van der Waals surface area contributed by atoms with Gasteiger partial charge in [-0.3, -0.25) is 9.59 Å². The number of hydrogen-bond acceptors (Lipinski definition) is 6. The lowest BCUT2D eigenvalue weighted by Crippen LogP contribution is -2.51. The van der Waals surface area contributed by atoms with E-state index in [0.29, 0.717) is 29.8 Å². The number of nitrogens with zero attached hydrogens (tertiary/aromatic N) is 4. The second-order valence-electron chi connectivity index (χ2n) is 9.74. The molecule has 1 N–H and O–H groups in total. The summed E-state index contributed by atoms with van der Waals surface area (Å²) in [6, 6.07) is 10.6. The topological polar surface area (TPSA) is 107 Å². The molecule has 8 nitrogen and oxygen atoms in total. The molecule has 2 aromatic rings. The van der Waals surface area contributed by atoms with Gasteiger partial charge in [0.1, 0.15) is 11.7 Å². The molecule has 8 heteroatoms. The lowest BCUT2D eigenvalue weighted by atomic mass is 9.84. The highest BCUT2D eigenvalue weighted by Crippen LogP contribution is 2.32. The third kappa shape index (κ3) is 5.15. The zero-order valence-corrected chi connectivity index (χ0v) is 20.5. The van der Waals surface area contributed by atoms with Gasteiger partial charge in [0.2, 0.25) is 11.8 Å². The van der Waals surface area contributed by atoms with Crippen molar-refractivity contribution in [3.8, 4) is 23.1 Å². The zero-order valence-electron chi connectivity index (χ0n) is 20.5. The van der Waals surface area contributed by atoms with Crippen molar-refractivity contribution < 1.29 is 19.4 Å². The quantitative estimate of drug-likeness (QED) is 0.687. The van der Waals surface area contributed by atoms with Crippen LogP contribution in [0.4, 0.5) is 0 Å². The number of hydrogen-bond donors (Lipinski definition) is 1. The van der Waals surface area contributed by atoms with Crippen molar-refractivity contribution in [3.05, 3.63) is 47.7 Å². The lowest BCUT2D eigenvalue weighted by molar-refractivity contribution is -0.138. The number of pyridine rings is 1. The molecule has 0 unspecified atom stereocenters. The zero-order chi connectivity index (χ0) is 25.1. The Labute approximate surface area is 206 Å². The number of rotatable bonds is 6. The van der Waals surface area contributed by atoms with Gasteiger partial charge in [0, 0.05) is 37.2 Å². The van der Waals surface area contributed by atoms with Gasteiger partial charge in [-0.1, -0.05) is 25.5 Å². The molecule has 2 aliphatic rings. The average Bonchev–Trinajstić information content (AvgIpc) is 2.84. The molecule has 2 heterocycles. The van der Waals surface area contributed by atoms with Crippen LogP contribution in [0.25, 0.3) is 11.1 Å². The van der Waals surface area contributed by atoms with Crippen LogP contribution in [0.2, 0.25) is 0 Å². The van der Waals surface area contributed by atoms with Gasteiger partial charge in [0.25, 0.3) is 5.91 Å². The minimum atomic E-state index is -0.392. The van der Waals surface area contributed by atoms with Crippen LogP contribution in [0.3, 0.4) is 0 Å². The molecule has 3 atom stereocenters. The first kappa shape index (κ1) is 24.7. The van der Waals surface area contributed by atoms with Crippen LogP contribution in [0.5, 0.6) is 5.88 Å². The highest BCUT2D eigenvalue weighted by molar-refractivity contribution is 5.98. The molecule has 2 amide bonds. The van der Waals surface area contributed by atoms with Crippen molar-refractivity contribution in [2.45, 2.75) is 45.3 Å². The second kappa shape index (κ2) is 10.4. The van der Waals surface area contributed by atoms with Gasteiger partial charge in [-0.15, -0.1) is 0 Å². The third-order valence-electron chi connectivity index (χ3n) is 7.13.